The number of anilines is 4. The van der Waals surface area contributed by atoms with Crippen LogP contribution in [0.3, 0.4) is 0 Å². The minimum absolute atomic E-state index is 0. The molecule has 0 atom stereocenters. The van der Waals surface area contributed by atoms with Crippen molar-refractivity contribution in [1.29, 1.82) is 0 Å². The van der Waals surface area contributed by atoms with E-state index < -0.39 is 0 Å². The number of pyridine rings is 1. The molecule has 0 saturated carbocycles. The summed E-state index contributed by atoms with van der Waals surface area (Å²) in [6.45, 7) is 2.11. The Kier molecular flexibility index (Phi) is 9.36. The summed E-state index contributed by atoms with van der Waals surface area (Å²) >= 11 is 0. The Labute approximate surface area is 390 Å². The van der Waals surface area contributed by atoms with Crippen molar-refractivity contribution in [2.24, 2.45) is 0 Å². The third-order valence-electron chi connectivity index (χ3n) is 12.4. The maximum absolute atomic E-state index is 6.69. The van der Waals surface area contributed by atoms with E-state index >= 15 is 0 Å². The maximum Gasteiger partial charge on any atom is 0.137 e. The molecule has 4 heterocycles. The standard InChI is InChI=1S/C58H36N5O.Pt/c1-4-15-39(16-5-1)42-27-30-52-49(32-42)48-29-28-47(64-46-24-14-23-45(34-46)61-38-60(43-19-6-2-7-20-43)53-25-12-13-26-54(53)61)35-56(48)63(52)58-36-57-51(37-59-58)50-31-40-17-10-11-18-41(40)33-55(50)62(57)44-21-8-3-9-22-44;/h1-33,36-38H;/q-3;. The van der Waals surface area contributed by atoms with E-state index in [1.165, 1.54) is 10.8 Å². The van der Waals surface area contributed by atoms with E-state index in [-0.39, 0.29) is 21.1 Å². The zero-order chi connectivity index (χ0) is 42.1. The Morgan fingerprint density at radius 3 is 1.86 bits per heavy atom. The molecule has 9 aromatic carbocycles. The molecule has 7 heteroatoms. The molecular formula is C58H36N5OPt-3. The summed E-state index contributed by atoms with van der Waals surface area (Å²) in [4.78, 5) is 9.61. The van der Waals surface area contributed by atoms with Gasteiger partial charge in [0.15, 0.2) is 0 Å². The summed E-state index contributed by atoms with van der Waals surface area (Å²) in [5.41, 5.74) is 11.6. The van der Waals surface area contributed by atoms with Crippen LogP contribution in [0.25, 0.3) is 77.0 Å². The average molecular weight is 1010 g/mol. The number of hydrogen-bond donors (Lipinski definition) is 0. The number of rotatable bonds is 7. The average Bonchev–Trinajstić information content (AvgIpc) is 4.01. The van der Waals surface area contributed by atoms with Crippen molar-refractivity contribution < 1.29 is 25.8 Å². The first-order valence-corrected chi connectivity index (χ1v) is 21.4. The third kappa shape index (κ3) is 6.48. The van der Waals surface area contributed by atoms with Gasteiger partial charge in [0.25, 0.3) is 0 Å². The zero-order valence-electron chi connectivity index (χ0n) is 34.7. The number of benzene rings is 9. The number of aromatic nitrogens is 3. The quantitative estimate of drug-likeness (QED) is 0.149. The van der Waals surface area contributed by atoms with Crippen LogP contribution >= 0.6 is 0 Å². The number of ether oxygens (including phenoxy) is 1. The van der Waals surface area contributed by atoms with Crippen LogP contribution in [0.15, 0.2) is 212 Å². The number of para-hydroxylation sites is 4. The largest absolute Gasteiger partial charge is 0.509 e. The van der Waals surface area contributed by atoms with Gasteiger partial charge in [-0.25, -0.2) is 4.98 Å². The van der Waals surface area contributed by atoms with Crippen molar-refractivity contribution in [3.8, 4) is 34.1 Å². The molecule has 312 valence electrons. The second-order valence-corrected chi connectivity index (χ2v) is 16.1. The maximum atomic E-state index is 6.69. The summed E-state index contributed by atoms with van der Waals surface area (Å²) in [5, 5.41) is 6.81. The minimum atomic E-state index is 0. The number of nitrogens with zero attached hydrogens (tertiary/aromatic N) is 5. The molecule has 0 amide bonds. The van der Waals surface area contributed by atoms with E-state index in [0.29, 0.717) is 11.5 Å². The summed E-state index contributed by atoms with van der Waals surface area (Å²) in [7, 11) is 0. The third-order valence-corrected chi connectivity index (χ3v) is 12.4. The van der Waals surface area contributed by atoms with Gasteiger partial charge in [-0.2, -0.15) is 12.1 Å². The van der Waals surface area contributed by atoms with Gasteiger partial charge in [0.05, 0.1) is 11.0 Å². The van der Waals surface area contributed by atoms with E-state index in [1.54, 1.807) is 0 Å². The Morgan fingerprint density at radius 1 is 0.431 bits per heavy atom. The fraction of sp³-hybridized carbons (Fsp3) is 0. The van der Waals surface area contributed by atoms with E-state index in [2.05, 4.69) is 220 Å². The van der Waals surface area contributed by atoms with E-state index in [9.17, 15) is 0 Å². The first-order valence-electron chi connectivity index (χ1n) is 21.4. The van der Waals surface area contributed by atoms with Crippen LogP contribution in [0.5, 0.6) is 11.5 Å². The van der Waals surface area contributed by atoms with Crippen LogP contribution < -0.4 is 14.5 Å². The molecule has 65 heavy (non-hydrogen) atoms. The predicted octanol–water partition coefficient (Wildman–Crippen LogP) is 14.9. The second-order valence-electron chi connectivity index (χ2n) is 16.1. The van der Waals surface area contributed by atoms with Gasteiger partial charge in [0.1, 0.15) is 5.82 Å². The molecule has 0 aliphatic carbocycles. The zero-order valence-corrected chi connectivity index (χ0v) is 37.0. The normalized spacial score (nSPS) is 12.4. The van der Waals surface area contributed by atoms with Gasteiger partial charge >= 0.3 is 0 Å². The van der Waals surface area contributed by atoms with Gasteiger partial charge in [-0.05, 0) is 81.9 Å². The SMILES string of the molecule is [Pt].[c-]1c(Oc2[c-]c3c(cc2)c2cc(-c4ccccc4)ccc2n3-c2cc3c(cn2)c2cc4ccccc4cc2n3-c2ccccc2)cccc1N1[CH-]N(c2ccccc2)c2ccccc21. The molecule has 0 bridgehead atoms. The Hall–Kier alpha value is -7.92. The van der Waals surface area contributed by atoms with Crippen molar-refractivity contribution in [1.82, 2.24) is 14.1 Å². The van der Waals surface area contributed by atoms with Crippen molar-refractivity contribution in [3.05, 3.63) is 231 Å². The fourth-order valence-electron chi connectivity index (χ4n) is 9.45. The molecule has 6 nitrogen and oxygen atoms in total. The van der Waals surface area contributed by atoms with Crippen LogP contribution in [0.4, 0.5) is 22.7 Å². The Balaban J connectivity index is 0.00000444. The minimum Gasteiger partial charge on any atom is -0.509 e. The van der Waals surface area contributed by atoms with Crippen LogP contribution in [0, 0.1) is 18.8 Å². The van der Waals surface area contributed by atoms with Gasteiger partial charge in [0.2, 0.25) is 0 Å². The molecule has 0 saturated heterocycles. The Morgan fingerprint density at radius 2 is 1.08 bits per heavy atom. The molecule has 3 aromatic heterocycles. The molecule has 0 spiro atoms. The van der Waals surface area contributed by atoms with Gasteiger partial charge < -0.3 is 23.7 Å². The van der Waals surface area contributed by atoms with Crippen molar-refractivity contribution in [2.75, 3.05) is 9.80 Å². The molecule has 12 aromatic rings. The summed E-state index contributed by atoms with van der Waals surface area (Å²) in [6.07, 6.45) is 2.03. The fourth-order valence-corrected chi connectivity index (χ4v) is 9.45. The summed E-state index contributed by atoms with van der Waals surface area (Å²) in [6, 6.07) is 79.4. The van der Waals surface area contributed by atoms with Crippen LogP contribution in [-0.2, 0) is 21.1 Å². The smallest absolute Gasteiger partial charge is 0.137 e. The van der Waals surface area contributed by atoms with Crippen LogP contribution in [0.1, 0.15) is 0 Å². The molecular weight excluding hydrogens is 978 g/mol. The van der Waals surface area contributed by atoms with E-state index in [1.807, 2.05) is 30.5 Å². The van der Waals surface area contributed by atoms with Gasteiger partial charge in [-0.15, -0.1) is 48.1 Å². The van der Waals surface area contributed by atoms with E-state index in [4.69, 9.17) is 9.72 Å². The summed E-state index contributed by atoms with van der Waals surface area (Å²) < 4.78 is 11.3. The molecule has 0 radical (unpaired) electrons. The van der Waals surface area contributed by atoms with Gasteiger partial charge in [0, 0.05) is 83.9 Å². The second kappa shape index (κ2) is 15.7. The first-order chi connectivity index (χ1) is 31.7. The van der Waals surface area contributed by atoms with E-state index in [0.717, 1.165) is 89.0 Å². The summed E-state index contributed by atoms with van der Waals surface area (Å²) in [5.74, 6) is 1.96. The van der Waals surface area contributed by atoms with Crippen molar-refractivity contribution in [3.63, 3.8) is 0 Å². The van der Waals surface area contributed by atoms with Gasteiger partial charge in [-0.1, -0.05) is 121 Å². The molecule has 0 fully saturated rings. The van der Waals surface area contributed by atoms with Crippen molar-refractivity contribution >= 4 is 77.1 Å². The number of hydrogen-bond acceptors (Lipinski definition) is 4. The van der Waals surface area contributed by atoms with Crippen LogP contribution in [0.2, 0.25) is 0 Å². The predicted molar refractivity (Wildman–Crippen MR) is 262 cm³/mol. The van der Waals surface area contributed by atoms with Gasteiger partial charge in [-0.3, -0.25) is 0 Å². The Bertz CT molecular complexity index is 3750. The van der Waals surface area contributed by atoms with Crippen LogP contribution in [-0.4, -0.2) is 14.1 Å². The monoisotopic (exact) mass is 1010 g/mol. The molecule has 1 aliphatic rings. The molecule has 13 rings (SSSR count). The first kappa shape index (κ1) is 38.7. The molecule has 1 aliphatic heterocycles. The molecule has 0 N–H and O–H groups in total. The molecule has 0 unspecified atom stereocenters. The number of fused-ring (bicyclic) bond motifs is 8. The van der Waals surface area contributed by atoms with Crippen molar-refractivity contribution in [2.45, 2.75) is 0 Å². The topological polar surface area (TPSA) is 38.5 Å².